The lowest BCUT2D eigenvalue weighted by molar-refractivity contribution is -0.130. The Morgan fingerprint density at radius 3 is 2.94 bits per heavy atom. The van der Waals surface area contributed by atoms with Crippen LogP contribution >= 0.6 is 11.8 Å². The molecule has 2 aliphatic heterocycles. The topological polar surface area (TPSA) is 32.3 Å². The number of thioether (sulfide) groups is 1. The predicted molar refractivity (Wildman–Crippen MR) is 73.0 cm³/mol. The SMILES string of the molecule is CCC(C)C1NC(C)N(CC2CCCS2)C1=O. The lowest BCUT2D eigenvalue weighted by atomic mass is 9.99. The third kappa shape index (κ3) is 2.79. The van der Waals surface area contributed by atoms with E-state index in [4.69, 9.17) is 0 Å². The van der Waals surface area contributed by atoms with E-state index in [0.717, 1.165) is 13.0 Å². The third-order valence-corrected chi connectivity index (χ3v) is 5.46. The van der Waals surface area contributed by atoms with E-state index < -0.39 is 0 Å². The van der Waals surface area contributed by atoms with Crippen LogP contribution in [0.1, 0.15) is 40.0 Å². The van der Waals surface area contributed by atoms with Crippen LogP contribution in [0.3, 0.4) is 0 Å². The minimum absolute atomic E-state index is 0.0430. The summed E-state index contributed by atoms with van der Waals surface area (Å²) in [5.41, 5.74) is 0. The Labute approximate surface area is 109 Å². The van der Waals surface area contributed by atoms with Gasteiger partial charge in [-0.15, -0.1) is 0 Å². The number of hydrogen-bond donors (Lipinski definition) is 1. The van der Waals surface area contributed by atoms with E-state index in [9.17, 15) is 4.79 Å². The zero-order chi connectivity index (χ0) is 12.4. The highest BCUT2D eigenvalue weighted by molar-refractivity contribution is 8.00. The van der Waals surface area contributed by atoms with E-state index in [1.807, 2.05) is 11.8 Å². The molecule has 2 heterocycles. The quantitative estimate of drug-likeness (QED) is 0.836. The van der Waals surface area contributed by atoms with Crippen LogP contribution in [0.15, 0.2) is 0 Å². The van der Waals surface area contributed by atoms with Crippen molar-refractivity contribution in [1.29, 1.82) is 0 Å². The molecule has 0 aromatic rings. The first kappa shape index (κ1) is 13.2. The van der Waals surface area contributed by atoms with E-state index in [0.29, 0.717) is 17.1 Å². The van der Waals surface area contributed by atoms with Gasteiger partial charge in [0.05, 0.1) is 12.2 Å². The molecule has 0 radical (unpaired) electrons. The normalized spacial score (nSPS) is 35.6. The Kier molecular flexibility index (Phi) is 4.36. The Balaban J connectivity index is 1.95. The second kappa shape index (κ2) is 5.61. The van der Waals surface area contributed by atoms with Crippen molar-refractivity contribution >= 4 is 17.7 Å². The van der Waals surface area contributed by atoms with Gasteiger partial charge in [0, 0.05) is 11.8 Å². The minimum atomic E-state index is 0.0430. The lowest BCUT2D eigenvalue weighted by Crippen LogP contribution is -2.39. The summed E-state index contributed by atoms with van der Waals surface area (Å²) in [6.07, 6.45) is 3.85. The van der Waals surface area contributed by atoms with Gasteiger partial charge in [0.15, 0.2) is 0 Å². The van der Waals surface area contributed by atoms with Gasteiger partial charge in [0.2, 0.25) is 5.91 Å². The Morgan fingerprint density at radius 2 is 2.35 bits per heavy atom. The minimum Gasteiger partial charge on any atom is -0.325 e. The van der Waals surface area contributed by atoms with Crippen molar-refractivity contribution in [2.75, 3.05) is 12.3 Å². The van der Waals surface area contributed by atoms with Crippen molar-refractivity contribution in [2.24, 2.45) is 5.92 Å². The summed E-state index contributed by atoms with van der Waals surface area (Å²) in [6, 6.07) is 0.0430. The molecule has 98 valence electrons. The fourth-order valence-corrected chi connectivity index (χ4v) is 3.96. The number of rotatable bonds is 4. The third-order valence-electron chi connectivity index (χ3n) is 4.07. The molecule has 0 aromatic heterocycles. The smallest absolute Gasteiger partial charge is 0.241 e. The van der Waals surface area contributed by atoms with Gasteiger partial charge in [-0.3, -0.25) is 10.1 Å². The van der Waals surface area contributed by atoms with Gasteiger partial charge >= 0.3 is 0 Å². The van der Waals surface area contributed by atoms with E-state index in [2.05, 4.69) is 31.0 Å². The number of nitrogens with zero attached hydrogens (tertiary/aromatic N) is 1. The highest BCUT2D eigenvalue weighted by Crippen LogP contribution is 2.29. The van der Waals surface area contributed by atoms with Gasteiger partial charge in [-0.25, -0.2) is 0 Å². The van der Waals surface area contributed by atoms with Crippen LogP contribution in [0, 0.1) is 5.92 Å². The Hall–Kier alpha value is -0.220. The Morgan fingerprint density at radius 1 is 1.59 bits per heavy atom. The molecule has 3 nitrogen and oxygen atoms in total. The molecular formula is C13H24N2OS. The maximum Gasteiger partial charge on any atom is 0.241 e. The van der Waals surface area contributed by atoms with E-state index >= 15 is 0 Å². The van der Waals surface area contributed by atoms with Gasteiger partial charge in [-0.2, -0.15) is 11.8 Å². The molecule has 2 fully saturated rings. The highest BCUT2D eigenvalue weighted by atomic mass is 32.2. The van der Waals surface area contributed by atoms with Crippen LogP contribution in [0.2, 0.25) is 0 Å². The molecule has 1 amide bonds. The molecule has 0 saturated carbocycles. The molecule has 0 aliphatic carbocycles. The summed E-state index contributed by atoms with van der Waals surface area (Å²) in [7, 11) is 0. The van der Waals surface area contributed by atoms with Gasteiger partial charge in [0.1, 0.15) is 0 Å². The zero-order valence-electron chi connectivity index (χ0n) is 11.1. The number of carbonyl (C=O) groups is 1. The molecule has 1 N–H and O–H groups in total. The fourth-order valence-electron chi connectivity index (χ4n) is 2.69. The van der Waals surface area contributed by atoms with Crippen LogP contribution in [0.25, 0.3) is 0 Å². The molecule has 0 bridgehead atoms. The van der Waals surface area contributed by atoms with Crippen molar-refractivity contribution in [2.45, 2.75) is 57.5 Å². The first-order chi connectivity index (χ1) is 8.13. The van der Waals surface area contributed by atoms with Crippen LogP contribution in [0.5, 0.6) is 0 Å². The maximum absolute atomic E-state index is 12.4. The molecule has 17 heavy (non-hydrogen) atoms. The summed E-state index contributed by atoms with van der Waals surface area (Å²) in [6.45, 7) is 7.36. The average molecular weight is 256 g/mol. The summed E-state index contributed by atoms with van der Waals surface area (Å²) in [5.74, 6) is 2.02. The molecule has 4 atom stereocenters. The average Bonchev–Trinajstić information content (AvgIpc) is 2.91. The number of hydrogen-bond acceptors (Lipinski definition) is 3. The molecule has 4 unspecified atom stereocenters. The van der Waals surface area contributed by atoms with Crippen molar-refractivity contribution in [3.63, 3.8) is 0 Å². The van der Waals surface area contributed by atoms with Crippen LogP contribution in [0.4, 0.5) is 0 Å². The highest BCUT2D eigenvalue weighted by Gasteiger charge is 2.39. The molecule has 2 aliphatic rings. The van der Waals surface area contributed by atoms with E-state index in [1.54, 1.807) is 0 Å². The lowest BCUT2D eigenvalue weighted by Gasteiger charge is -2.24. The first-order valence-corrected chi connectivity index (χ1v) is 7.86. The van der Waals surface area contributed by atoms with Crippen molar-refractivity contribution in [1.82, 2.24) is 10.2 Å². The fraction of sp³-hybridized carbons (Fsp3) is 0.923. The predicted octanol–water partition coefficient (Wildman–Crippen LogP) is 2.07. The molecule has 0 spiro atoms. The molecule has 2 saturated heterocycles. The van der Waals surface area contributed by atoms with Crippen molar-refractivity contribution in [3.8, 4) is 0 Å². The van der Waals surface area contributed by atoms with E-state index in [-0.39, 0.29) is 12.2 Å². The maximum atomic E-state index is 12.4. The second-order valence-corrected chi connectivity index (χ2v) is 6.74. The molecule has 4 heteroatoms. The van der Waals surface area contributed by atoms with Crippen molar-refractivity contribution in [3.05, 3.63) is 0 Å². The van der Waals surface area contributed by atoms with Gasteiger partial charge < -0.3 is 4.90 Å². The molecule has 0 aromatic carbocycles. The number of amides is 1. The number of carbonyl (C=O) groups excluding carboxylic acids is 1. The Bertz CT molecular complexity index is 279. The zero-order valence-corrected chi connectivity index (χ0v) is 11.9. The van der Waals surface area contributed by atoms with Crippen LogP contribution < -0.4 is 5.32 Å². The standard InChI is InChI=1S/C13H24N2OS/c1-4-9(2)12-13(16)15(10(3)14-12)8-11-6-5-7-17-11/h9-12,14H,4-8H2,1-3H3. The van der Waals surface area contributed by atoms with Crippen molar-refractivity contribution < 1.29 is 4.79 Å². The van der Waals surface area contributed by atoms with Crippen LogP contribution in [-0.2, 0) is 4.79 Å². The summed E-state index contributed by atoms with van der Waals surface area (Å²) >= 11 is 2.03. The second-order valence-electron chi connectivity index (χ2n) is 5.33. The summed E-state index contributed by atoms with van der Waals surface area (Å²) in [5, 5.41) is 4.11. The van der Waals surface area contributed by atoms with E-state index in [1.165, 1.54) is 18.6 Å². The summed E-state index contributed by atoms with van der Waals surface area (Å²) < 4.78 is 0. The molecule has 2 rings (SSSR count). The van der Waals surface area contributed by atoms with Gasteiger partial charge in [0.25, 0.3) is 0 Å². The van der Waals surface area contributed by atoms with Gasteiger partial charge in [-0.05, 0) is 31.4 Å². The molecular weight excluding hydrogens is 232 g/mol. The largest absolute Gasteiger partial charge is 0.325 e. The first-order valence-electron chi connectivity index (χ1n) is 6.81. The van der Waals surface area contributed by atoms with Gasteiger partial charge in [-0.1, -0.05) is 20.3 Å². The number of nitrogens with one attached hydrogen (secondary N) is 1. The monoisotopic (exact) mass is 256 g/mol. The van der Waals surface area contributed by atoms with Crippen LogP contribution in [-0.4, -0.2) is 40.6 Å². The summed E-state index contributed by atoms with van der Waals surface area (Å²) in [4.78, 5) is 14.4.